The van der Waals surface area contributed by atoms with E-state index in [4.69, 9.17) is 10.2 Å². The highest BCUT2D eigenvalue weighted by Crippen LogP contribution is 2.12. The molecule has 1 aromatic heterocycles. The lowest BCUT2D eigenvalue weighted by atomic mass is 10.4. The highest BCUT2D eigenvalue weighted by molar-refractivity contribution is 7.99. The van der Waals surface area contributed by atoms with E-state index in [-0.39, 0.29) is 12.3 Å². The molecule has 2 N–H and O–H groups in total. The predicted octanol–water partition coefficient (Wildman–Crippen LogP) is 0.259. The quantitative estimate of drug-likeness (QED) is 0.678. The fourth-order valence-electron chi connectivity index (χ4n) is 0.661. The molecule has 0 fully saturated rings. The van der Waals surface area contributed by atoms with E-state index < -0.39 is 5.97 Å². The van der Waals surface area contributed by atoms with E-state index in [2.05, 4.69) is 10.2 Å². The van der Waals surface area contributed by atoms with Crippen molar-refractivity contribution < 1.29 is 15.0 Å². The zero-order valence-electron chi connectivity index (χ0n) is 6.67. The van der Waals surface area contributed by atoms with Crippen molar-refractivity contribution in [2.24, 2.45) is 0 Å². The van der Waals surface area contributed by atoms with Crippen LogP contribution < -0.4 is 0 Å². The van der Waals surface area contributed by atoms with Gasteiger partial charge in [0.05, 0.1) is 6.61 Å². The Morgan fingerprint density at radius 1 is 1.46 bits per heavy atom. The molecule has 0 radical (unpaired) electrons. The maximum absolute atomic E-state index is 10.4. The zero-order chi connectivity index (χ0) is 9.68. The molecule has 0 amide bonds. The molecule has 1 rings (SSSR count). The molecule has 70 valence electrons. The van der Waals surface area contributed by atoms with Crippen molar-refractivity contribution in [1.82, 2.24) is 10.2 Å². The van der Waals surface area contributed by atoms with Crippen molar-refractivity contribution in [2.45, 2.75) is 5.03 Å². The van der Waals surface area contributed by atoms with Gasteiger partial charge in [0.1, 0.15) is 5.03 Å². The van der Waals surface area contributed by atoms with Crippen LogP contribution in [0.5, 0.6) is 0 Å². The molecule has 5 nitrogen and oxygen atoms in total. The zero-order valence-corrected chi connectivity index (χ0v) is 7.49. The number of aliphatic hydroxyl groups excluding tert-OH is 1. The summed E-state index contributed by atoms with van der Waals surface area (Å²) in [7, 11) is 0. The molecular formula is C7H8N2O3S. The summed E-state index contributed by atoms with van der Waals surface area (Å²) >= 11 is 1.32. The van der Waals surface area contributed by atoms with Gasteiger partial charge in [0.2, 0.25) is 0 Å². The van der Waals surface area contributed by atoms with E-state index in [0.717, 1.165) is 0 Å². The summed E-state index contributed by atoms with van der Waals surface area (Å²) in [4.78, 5) is 10.4. The number of thioether (sulfide) groups is 1. The van der Waals surface area contributed by atoms with Crippen LogP contribution in [0.2, 0.25) is 0 Å². The number of aromatic nitrogens is 2. The van der Waals surface area contributed by atoms with Crippen LogP contribution in [0, 0.1) is 0 Å². The van der Waals surface area contributed by atoms with Crippen molar-refractivity contribution in [1.29, 1.82) is 0 Å². The highest BCUT2D eigenvalue weighted by Gasteiger charge is 2.04. The Kier molecular flexibility index (Phi) is 3.66. The Morgan fingerprint density at radius 3 is 2.69 bits per heavy atom. The first-order valence-electron chi connectivity index (χ1n) is 3.54. The Bertz CT molecular complexity index is 288. The largest absolute Gasteiger partial charge is 0.476 e. The number of carboxylic acid groups (broad SMARTS) is 1. The van der Waals surface area contributed by atoms with Gasteiger partial charge in [0.25, 0.3) is 0 Å². The minimum atomic E-state index is -1.09. The summed E-state index contributed by atoms with van der Waals surface area (Å²) < 4.78 is 0. The van der Waals surface area contributed by atoms with Gasteiger partial charge < -0.3 is 10.2 Å². The second kappa shape index (κ2) is 4.78. The summed E-state index contributed by atoms with van der Waals surface area (Å²) in [5, 5.41) is 24.8. The predicted molar refractivity (Wildman–Crippen MR) is 46.8 cm³/mol. The first kappa shape index (κ1) is 9.94. The summed E-state index contributed by atoms with van der Waals surface area (Å²) in [6, 6.07) is 2.95. The SMILES string of the molecule is O=C(O)c1ccc(SCCO)nn1. The first-order chi connectivity index (χ1) is 6.24. The van der Waals surface area contributed by atoms with Crippen LogP contribution >= 0.6 is 11.8 Å². The number of carbonyl (C=O) groups is 1. The van der Waals surface area contributed by atoms with Gasteiger partial charge in [-0.05, 0) is 12.1 Å². The van der Waals surface area contributed by atoms with Crippen molar-refractivity contribution in [2.75, 3.05) is 12.4 Å². The Hall–Kier alpha value is -1.14. The Balaban J connectivity index is 2.64. The molecule has 0 aliphatic carbocycles. The topological polar surface area (TPSA) is 83.3 Å². The van der Waals surface area contributed by atoms with Crippen molar-refractivity contribution in [3.63, 3.8) is 0 Å². The minimum Gasteiger partial charge on any atom is -0.476 e. The maximum Gasteiger partial charge on any atom is 0.356 e. The van der Waals surface area contributed by atoms with Gasteiger partial charge in [-0.15, -0.1) is 22.0 Å². The lowest BCUT2D eigenvalue weighted by molar-refractivity contribution is 0.0689. The molecule has 0 bridgehead atoms. The molecule has 0 saturated carbocycles. The van der Waals surface area contributed by atoms with Crippen LogP contribution in [0.3, 0.4) is 0 Å². The number of aliphatic hydroxyl groups is 1. The Labute approximate surface area is 78.8 Å². The van der Waals surface area contributed by atoms with Crippen molar-refractivity contribution in [3.8, 4) is 0 Å². The number of nitrogens with zero attached hydrogens (tertiary/aromatic N) is 2. The number of hydrogen-bond acceptors (Lipinski definition) is 5. The third-order valence-electron chi connectivity index (χ3n) is 1.20. The monoisotopic (exact) mass is 200 g/mol. The fourth-order valence-corrected chi connectivity index (χ4v) is 1.22. The summed E-state index contributed by atoms with van der Waals surface area (Å²) in [6.45, 7) is 0.0625. The van der Waals surface area contributed by atoms with E-state index in [1.165, 1.54) is 17.8 Å². The number of carboxylic acids is 1. The van der Waals surface area contributed by atoms with E-state index >= 15 is 0 Å². The van der Waals surface area contributed by atoms with Gasteiger partial charge in [-0.3, -0.25) is 0 Å². The van der Waals surface area contributed by atoms with Crippen LogP contribution in [0.1, 0.15) is 10.5 Å². The van der Waals surface area contributed by atoms with E-state index in [9.17, 15) is 4.79 Å². The lowest BCUT2D eigenvalue weighted by Crippen LogP contribution is -2.01. The van der Waals surface area contributed by atoms with Crippen LogP contribution in [-0.2, 0) is 0 Å². The van der Waals surface area contributed by atoms with Crippen LogP contribution in [0.25, 0.3) is 0 Å². The first-order valence-corrected chi connectivity index (χ1v) is 4.53. The molecular weight excluding hydrogens is 192 g/mol. The number of rotatable bonds is 4. The fraction of sp³-hybridized carbons (Fsp3) is 0.286. The van der Waals surface area contributed by atoms with Gasteiger partial charge in [0, 0.05) is 5.75 Å². The second-order valence-corrected chi connectivity index (χ2v) is 3.25. The molecule has 1 aromatic rings. The van der Waals surface area contributed by atoms with Gasteiger partial charge >= 0.3 is 5.97 Å². The average molecular weight is 200 g/mol. The van der Waals surface area contributed by atoms with Gasteiger partial charge in [-0.25, -0.2) is 4.79 Å². The summed E-state index contributed by atoms with van der Waals surface area (Å²) in [6.07, 6.45) is 0. The number of hydrogen-bond donors (Lipinski definition) is 2. The smallest absolute Gasteiger partial charge is 0.356 e. The minimum absolute atomic E-state index is 0.0625. The molecule has 1 heterocycles. The third kappa shape index (κ3) is 3.00. The van der Waals surface area contributed by atoms with Crippen molar-refractivity contribution in [3.05, 3.63) is 17.8 Å². The number of aromatic carboxylic acids is 1. The van der Waals surface area contributed by atoms with Crippen LogP contribution in [0.15, 0.2) is 17.2 Å². The molecule has 0 saturated heterocycles. The molecule has 0 aliphatic heterocycles. The molecule has 0 atom stereocenters. The second-order valence-electron chi connectivity index (χ2n) is 2.13. The third-order valence-corrected chi connectivity index (χ3v) is 2.10. The van der Waals surface area contributed by atoms with Crippen molar-refractivity contribution >= 4 is 17.7 Å². The Morgan fingerprint density at radius 2 is 2.23 bits per heavy atom. The van der Waals surface area contributed by atoms with Gasteiger partial charge in [0.15, 0.2) is 5.69 Å². The summed E-state index contributed by atoms with van der Waals surface area (Å²) in [5.74, 6) is -0.563. The summed E-state index contributed by atoms with van der Waals surface area (Å²) in [5.41, 5.74) is -0.0756. The standard InChI is InChI=1S/C7H8N2O3S/c10-3-4-13-6-2-1-5(7(11)12)8-9-6/h1-2,10H,3-4H2,(H,11,12). The van der Waals surface area contributed by atoms with Crippen LogP contribution in [0.4, 0.5) is 0 Å². The lowest BCUT2D eigenvalue weighted by Gasteiger charge is -1.96. The molecule has 13 heavy (non-hydrogen) atoms. The molecule has 6 heteroatoms. The van der Waals surface area contributed by atoms with Crippen LogP contribution in [-0.4, -0.2) is 38.7 Å². The maximum atomic E-state index is 10.4. The van der Waals surface area contributed by atoms with E-state index in [0.29, 0.717) is 10.8 Å². The van der Waals surface area contributed by atoms with Gasteiger partial charge in [-0.1, -0.05) is 0 Å². The molecule has 0 unspecified atom stereocenters. The van der Waals surface area contributed by atoms with E-state index in [1.54, 1.807) is 6.07 Å². The molecule has 0 spiro atoms. The van der Waals surface area contributed by atoms with Gasteiger partial charge in [-0.2, -0.15) is 0 Å². The highest BCUT2D eigenvalue weighted by atomic mass is 32.2. The average Bonchev–Trinajstić information content (AvgIpc) is 2.15. The van der Waals surface area contributed by atoms with E-state index in [1.807, 2.05) is 0 Å². The molecule has 0 aliphatic rings. The normalized spacial score (nSPS) is 9.92. The molecule has 0 aromatic carbocycles.